The number of halogens is 1. The highest BCUT2D eigenvalue weighted by Crippen LogP contribution is 2.24. The molecule has 0 unspecified atom stereocenters. The number of benzene rings is 1. The van der Waals surface area contributed by atoms with Crippen molar-refractivity contribution < 1.29 is 4.74 Å². The molecule has 0 saturated carbocycles. The maximum atomic E-state index is 6.19. The molecule has 108 valence electrons. The SMILES string of the molecule is COc1ccc(Cl)c(-n2cc(CNC(C)(C)C)nn2)c1. The van der Waals surface area contributed by atoms with Crippen LogP contribution in [0.25, 0.3) is 5.69 Å². The van der Waals surface area contributed by atoms with E-state index < -0.39 is 0 Å². The van der Waals surface area contributed by atoms with E-state index in [0.717, 1.165) is 17.1 Å². The Morgan fingerprint density at radius 1 is 1.35 bits per heavy atom. The Bertz CT molecular complexity index is 589. The number of hydrogen-bond donors (Lipinski definition) is 1. The zero-order valence-corrected chi connectivity index (χ0v) is 12.9. The standard InChI is InChI=1S/C14H19ClN4O/c1-14(2,3)16-8-10-9-19(18-17-10)13-7-11(20-4)5-6-12(13)15/h5-7,9,16H,8H2,1-4H3. The highest BCUT2D eigenvalue weighted by Gasteiger charge is 2.12. The molecule has 1 aromatic heterocycles. The van der Waals surface area contributed by atoms with Crippen molar-refractivity contribution in [3.05, 3.63) is 35.1 Å². The molecule has 0 aliphatic rings. The van der Waals surface area contributed by atoms with Crippen molar-refractivity contribution in [1.29, 1.82) is 0 Å². The summed E-state index contributed by atoms with van der Waals surface area (Å²) in [4.78, 5) is 0. The van der Waals surface area contributed by atoms with Gasteiger partial charge in [-0.2, -0.15) is 0 Å². The smallest absolute Gasteiger partial charge is 0.121 e. The maximum absolute atomic E-state index is 6.19. The van der Waals surface area contributed by atoms with Crippen molar-refractivity contribution in [1.82, 2.24) is 20.3 Å². The molecule has 2 rings (SSSR count). The van der Waals surface area contributed by atoms with Crippen molar-refractivity contribution in [2.24, 2.45) is 0 Å². The van der Waals surface area contributed by atoms with E-state index in [2.05, 4.69) is 36.4 Å². The van der Waals surface area contributed by atoms with Crippen molar-refractivity contribution in [3.8, 4) is 11.4 Å². The Balaban J connectivity index is 2.20. The summed E-state index contributed by atoms with van der Waals surface area (Å²) in [6.07, 6.45) is 1.86. The molecule has 0 radical (unpaired) electrons. The van der Waals surface area contributed by atoms with Crippen LogP contribution in [0.15, 0.2) is 24.4 Å². The molecule has 5 nitrogen and oxygen atoms in total. The Labute approximate surface area is 123 Å². The summed E-state index contributed by atoms with van der Waals surface area (Å²) in [6.45, 7) is 6.98. The van der Waals surface area contributed by atoms with Gasteiger partial charge in [0.15, 0.2) is 0 Å². The van der Waals surface area contributed by atoms with E-state index >= 15 is 0 Å². The molecule has 0 spiro atoms. The number of ether oxygens (including phenoxy) is 1. The average molecular weight is 295 g/mol. The fraction of sp³-hybridized carbons (Fsp3) is 0.429. The van der Waals surface area contributed by atoms with Gasteiger partial charge in [-0.25, -0.2) is 4.68 Å². The zero-order chi connectivity index (χ0) is 14.8. The molecule has 0 amide bonds. The van der Waals surface area contributed by atoms with Gasteiger partial charge in [0.1, 0.15) is 5.75 Å². The highest BCUT2D eigenvalue weighted by atomic mass is 35.5. The van der Waals surface area contributed by atoms with E-state index in [0.29, 0.717) is 11.6 Å². The van der Waals surface area contributed by atoms with E-state index in [1.165, 1.54) is 0 Å². The number of aromatic nitrogens is 3. The first-order valence-electron chi connectivity index (χ1n) is 6.39. The highest BCUT2D eigenvalue weighted by molar-refractivity contribution is 6.32. The number of nitrogens with zero attached hydrogens (tertiary/aromatic N) is 3. The van der Waals surface area contributed by atoms with Crippen molar-refractivity contribution in [2.45, 2.75) is 32.9 Å². The third-order valence-corrected chi connectivity index (χ3v) is 3.06. The maximum Gasteiger partial charge on any atom is 0.121 e. The molecule has 0 saturated heterocycles. The van der Waals surface area contributed by atoms with Crippen molar-refractivity contribution >= 4 is 11.6 Å². The molecule has 2 aromatic rings. The lowest BCUT2D eigenvalue weighted by Gasteiger charge is -2.19. The molecule has 0 aliphatic carbocycles. The van der Waals surface area contributed by atoms with E-state index in [1.807, 2.05) is 18.3 Å². The fourth-order valence-corrected chi connectivity index (χ4v) is 1.85. The lowest BCUT2D eigenvalue weighted by atomic mass is 10.1. The van der Waals surface area contributed by atoms with Gasteiger partial charge in [-0.3, -0.25) is 0 Å². The Kier molecular flexibility index (Phi) is 4.30. The molecule has 1 aromatic carbocycles. The predicted molar refractivity (Wildman–Crippen MR) is 79.5 cm³/mol. The Morgan fingerprint density at radius 2 is 2.10 bits per heavy atom. The molecule has 1 heterocycles. The first kappa shape index (κ1) is 14.8. The van der Waals surface area contributed by atoms with Gasteiger partial charge in [-0.05, 0) is 32.9 Å². The first-order chi connectivity index (χ1) is 9.39. The van der Waals surface area contributed by atoms with Gasteiger partial charge in [-0.15, -0.1) is 5.10 Å². The van der Waals surface area contributed by atoms with Crippen molar-refractivity contribution in [3.63, 3.8) is 0 Å². The Morgan fingerprint density at radius 3 is 2.75 bits per heavy atom. The summed E-state index contributed by atoms with van der Waals surface area (Å²) in [7, 11) is 1.62. The summed E-state index contributed by atoms with van der Waals surface area (Å²) < 4.78 is 6.86. The number of rotatable bonds is 4. The van der Waals surface area contributed by atoms with Crippen molar-refractivity contribution in [2.75, 3.05) is 7.11 Å². The minimum Gasteiger partial charge on any atom is -0.497 e. The predicted octanol–water partition coefficient (Wildman–Crippen LogP) is 2.82. The molecular formula is C14H19ClN4O. The molecular weight excluding hydrogens is 276 g/mol. The van der Waals surface area contributed by atoms with Gasteiger partial charge in [-0.1, -0.05) is 16.8 Å². The second-order valence-electron chi connectivity index (χ2n) is 5.58. The molecule has 20 heavy (non-hydrogen) atoms. The van der Waals surface area contributed by atoms with Crippen LogP contribution in [0.5, 0.6) is 5.75 Å². The van der Waals surface area contributed by atoms with E-state index in [4.69, 9.17) is 16.3 Å². The van der Waals surface area contributed by atoms with Crippen LogP contribution in [0.2, 0.25) is 5.02 Å². The summed E-state index contributed by atoms with van der Waals surface area (Å²) >= 11 is 6.19. The number of nitrogens with one attached hydrogen (secondary N) is 1. The van der Waals surface area contributed by atoms with Crippen LogP contribution in [-0.4, -0.2) is 27.6 Å². The van der Waals surface area contributed by atoms with Gasteiger partial charge in [0.05, 0.1) is 29.7 Å². The van der Waals surface area contributed by atoms with E-state index in [-0.39, 0.29) is 5.54 Å². The summed E-state index contributed by atoms with van der Waals surface area (Å²) in [6, 6.07) is 5.42. The minimum atomic E-state index is 0.0391. The van der Waals surface area contributed by atoms with Crippen LogP contribution in [0.3, 0.4) is 0 Å². The monoisotopic (exact) mass is 294 g/mol. The number of methoxy groups -OCH3 is 1. The first-order valence-corrected chi connectivity index (χ1v) is 6.77. The summed E-state index contributed by atoms with van der Waals surface area (Å²) in [5.41, 5.74) is 1.65. The molecule has 0 atom stereocenters. The second-order valence-corrected chi connectivity index (χ2v) is 5.98. The van der Waals surface area contributed by atoms with Gasteiger partial charge in [0.2, 0.25) is 0 Å². The topological polar surface area (TPSA) is 52.0 Å². The molecule has 0 bridgehead atoms. The fourth-order valence-electron chi connectivity index (χ4n) is 1.65. The minimum absolute atomic E-state index is 0.0391. The van der Waals surface area contributed by atoms with Crippen LogP contribution in [0.1, 0.15) is 26.5 Å². The zero-order valence-electron chi connectivity index (χ0n) is 12.1. The molecule has 0 aliphatic heterocycles. The molecule has 1 N–H and O–H groups in total. The summed E-state index contributed by atoms with van der Waals surface area (Å²) in [5, 5.41) is 12.2. The molecule has 6 heteroatoms. The second kappa shape index (κ2) is 5.81. The Hall–Kier alpha value is -1.59. The van der Waals surface area contributed by atoms with Crippen LogP contribution in [-0.2, 0) is 6.54 Å². The summed E-state index contributed by atoms with van der Waals surface area (Å²) in [5.74, 6) is 0.731. The number of hydrogen-bond acceptors (Lipinski definition) is 4. The average Bonchev–Trinajstić information content (AvgIpc) is 2.85. The lowest BCUT2D eigenvalue weighted by molar-refractivity contribution is 0.414. The normalized spacial score (nSPS) is 11.7. The van der Waals surface area contributed by atoms with E-state index in [1.54, 1.807) is 17.9 Å². The van der Waals surface area contributed by atoms with Gasteiger partial charge >= 0.3 is 0 Å². The van der Waals surface area contributed by atoms with Gasteiger partial charge in [0, 0.05) is 18.2 Å². The largest absolute Gasteiger partial charge is 0.497 e. The van der Waals surface area contributed by atoms with Crippen LogP contribution in [0, 0.1) is 0 Å². The van der Waals surface area contributed by atoms with E-state index in [9.17, 15) is 0 Å². The lowest BCUT2D eigenvalue weighted by Crippen LogP contribution is -2.35. The quantitative estimate of drug-likeness (QED) is 0.942. The van der Waals surface area contributed by atoms with Gasteiger partial charge in [0.25, 0.3) is 0 Å². The third kappa shape index (κ3) is 3.71. The van der Waals surface area contributed by atoms with Crippen LogP contribution in [0.4, 0.5) is 0 Å². The van der Waals surface area contributed by atoms with Crippen LogP contribution < -0.4 is 10.1 Å². The third-order valence-electron chi connectivity index (χ3n) is 2.74. The van der Waals surface area contributed by atoms with Crippen LogP contribution >= 0.6 is 11.6 Å². The van der Waals surface area contributed by atoms with Gasteiger partial charge < -0.3 is 10.1 Å². The molecule has 0 fully saturated rings.